The third-order valence-corrected chi connectivity index (χ3v) is 9.49. The Morgan fingerprint density at radius 1 is 0.872 bits per heavy atom. The van der Waals surface area contributed by atoms with E-state index in [9.17, 15) is 14.4 Å². The van der Waals surface area contributed by atoms with E-state index in [4.69, 9.17) is 21.1 Å². The topological polar surface area (TPSA) is 88.2 Å². The van der Waals surface area contributed by atoms with Gasteiger partial charge in [-0.05, 0) is 77.9 Å². The second kappa shape index (κ2) is 12.6. The molecule has 8 nitrogen and oxygen atoms in total. The molecule has 0 aliphatic carbocycles. The Labute approximate surface area is 278 Å². The van der Waals surface area contributed by atoms with Crippen LogP contribution >= 0.6 is 11.6 Å². The maximum Gasteiger partial charge on any atom is 0.335 e. The molecule has 3 heterocycles. The van der Waals surface area contributed by atoms with Crippen LogP contribution in [-0.4, -0.2) is 44.7 Å². The largest absolute Gasteiger partial charge is 0.491 e. The molecule has 9 heteroatoms. The summed E-state index contributed by atoms with van der Waals surface area (Å²) < 4.78 is 11.1. The number of carbonyl (C=O) groups excluding carboxylic acids is 3. The molecule has 238 valence electrons. The number of hydrogen-bond acceptors (Lipinski definition) is 6. The van der Waals surface area contributed by atoms with Crippen LogP contribution in [0.5, 0.6) is 11.5 Å². The van der Waals surface area contributed by atoms with E-state index in [-0.39, 0.29) is 22.4 Å². The van der Waals surface area contributed by atoms with Gasteiger partial charge in [0.25, 0.3) is 11.8 Å². The first-order valence-electron chi connectivity index (χ1n) is 15.8. The Bertz CT molecular complexity index is 1840. The minimum absolute atomic E-state index is 0.0775. The zero-order chi connectivity index (χ0) is 32.7. The van der Waals surface area contributed by atoms with E-state index in [2.05, 4.69) is 34.5 Å². The van der Waals surface area contributed by atoms with Gasteiger partial charge in [-0.1, -0.05) is 72.3 Å². The Kier molecular flexibility index (Phi) is 8.20. The highest BCUT2D eigenvalue weighted by atomic mass is 35.5. The number of benzene rings is 4. The molecule has 1 saturated heterocycles. The molecule has 0 bridgehead atoms. The van der Waals surface area contributed by atoms with Crippen LogP contribution in [0.1, 0.15) is 59.4 Å². The zero-order valence-corrected chi connectivity index (χ0v) is 26.9. The number of hydrogen-bond donors (Lipinski definition) is 1. The Hall–Kier alpha value is -5.08. The number of urea groups is 1. The molecule has 0 spiro atoms. The number of ether oxygens (including phenoxy) is 2. The van der Waals surface area contributed by atoms with Crippen molar-refractivity contribution in [2.45, 2.75) is 31.6 Å². The molecule has 1 fully saturated rings. The normalized spacial score (nSPS) is 19.8. The molecule has 1 N–H and O–H groups in total. The van der Waals surface area contributed by atoms with Crippen LogP contribution in [0.15, 0.2) is 90.5 Å². The molecule has 4 amide bonds. The summed E-state index contributed by atoms with van der Waals surface area (Å²) in [5.74, 6) is -0.613. The second-order valence-electron chi connectivity index (χ2n) is 11.9. The van der Waals surface area contributed by atoms with Crippen molar-refractivity contribution in [1.82, 2.24) is 5.32 Å². The van der Waals surface area contributed by atoms with Crippen LogP contribution in [-0.2, 0) is 9.59 Å². The van der Waals surface area contributed by atoms with Crippen LogP contribution in [0.25, 0.3) is 6.08 Å². The Morgan fingerprint density at radius 3 is 2.02 bits per heavy atom. The molecule has 4 aromatic carbocycles. The van der Waals surface area contributed by atoms with E-state index in [1.54, 1.807) is 12.1 Å². The highest BCUT2D eigenvalue weighted by Gasteiger charge is 2.40. The van der Waals surface area contributed by atoms with E-state index in [0.29, 0.717) is 29.4 Å². The van der Waals surface area contributed by atoms with Gasteiger partial charge >= 0.3 is 6.03 Å². The summed E-state index contributed by atoms with van der Waals surface area (Å²) in [4.78, 5) is 44.4. The van der Waals surface area contributed by atoms with Gasteiger partial charge in [0.1, 0.15) is 5.57 Å². The number of anilines is 2. The number of methoxy groups -OCH3 is 1. The lowest BCUT2D eigenvalue weighted by atomic mass is 9.76. The fourth-order valence-corrected chi connectivity index (χ4v) is 7.46. The van der Waals surface area contributed by atoms with E-state index in [1.165, 1.54) is 30.0 Å². The van der Waals surface area contributed by atoms with Crippen molar-refractivity contribution < 1.29 is 23.9 Å². The standard InChI is InChI=1S/C38H34ClN3O5/c1-3-47-33-20-23(19-32(39)35(33)46-2)18-31-36(43)40-38(45)42(37(31)44)26-21-29-27(24-10-6-4-7-11-24)14-16-41-17-15-28(30(22-26)34(29)41)25-12-8-5-9-13-25/h4-13,18-22,27-28H,3,14-17H2,1-2H3,(H,40,43,45)/b31-18+/t27-,28-/m1/s1. The first-order valence-corrected chi connectivity index (χ1v) is 16.2. The van der Waals surface area contributed by atoms with Crippen LogP contribution in [0.3, 0.4) is 0 Å². The van der Waals surface area contributed by atoms with Crippen molar-refractivity contribution in [3.05, 3.63) is 123 Å². The van der Waals surface area contributed by atoms with Gasteiger partial charge in [0.15, 0.2) is 11.5 Å². The molecule has 2 atom stereocenters. The van der Waals surface area contributed by atoms with Crippen LogP contribution in [0.2, 0.25) is 5.02 Å². The van der Waals surface area contributed by atoms with E-state index >= 15 is 0 Å². The third-order valence-electron chi connectivity index (χ3n) is 9.21. The minimum atomic E-state index is -0.789. The highest BCUT2D eigenvalue weighted by molar-refractivity contribution is 6.39. The molecule has 0 unspecified atom stereocenters. The summed E-state index contributed by atoms with van der Waals surface area (Å²) in [6.07, 6.45) is 3.23. The number of rotatable bonds is 7. The van der Waals surface area contributed by atoms with Gasteiger partial charge in [-0.3, -0.25) is 14.9 Å². The first-order chi connectivity index (χ1) is 22.9. The molecule has 0 aromatic heterocycles. The van der Waals surface area contributed by atoms with Gasteiger partial charge in [-0.15, -0.1) is 0 Å². The predicted molar refractivity (Wildman–Crippen MR) is 183 cm³/mol. The van der Waals surface area contributed by atoms with Crippen molar-refractivity contribution in [3.63, 3.8) is 0 Å². The first kappa shape index (κ1) is 30.6. The van der Waals surface area contributed by atoms with E-state index < -0.39 is 17.8 Å². The second-order valence-corrected chi connectivity index (χ2v) is 12.3. The number of imide groups is 2. The average molecular weight is 648 g/mol. The molecule has 0 saturated carbocycles. The zero-order valence-electron chi connectivity index (χ0n) is 26.2. The molecular weight excluding hydrogens is 614 g/mol. The molecule has 47 heavy (non-hydrogen) atoms. The summed E-state index contributed by atoms with van der Waals surface area (Å²) in [7, 11) is 1.49. The number of barbiturate groups is 1. The summed E-state index contributed by atoms with van der Waals surface area (Å²) >= 11 is 6.47. The summed E-state index contributed by atoms with van der Waals surface area (Å²) in [5, 5.41) is 2.65. The van der Waals surface area contributed by atoms with Crippen molar-refractivity contribution in [1.29, 1.82) is 0 Å². The number of halogens is 1. The van der Waals surface area contributed by atoms with E-state index in [1.807, 2.05) is 55.5 Å². The summed E-state index contributed by atoms with van der Waals surface area (Å²) in [5.41, 5.74) is 6.36. The molecule has 3 aliphatic rings. The molecule has 7 rings (SSSR count). The fraction of sp³-hybridized carbons (Fsp3) is 0.237. The lowest BCUT2D eigenvalue weighted by Gasteiger charge is -2.44. The SMILES string of the molecule is CCOc1cc(/C=C2\C(=O)NC(=O)N(c3cc4c5c(c3)[C@@H](c3ccccc3)CCN5CC[C@@H]4c3ccccc3)C2=O)cc(Cl)c1OC. The van der Waals surface area contributed by atoms with Gasteiger partial charge in [0.05, 0.1) is 24.4 Å². The number of nitrogens with one attached hydrogen (secondary N) is 1. The van der Waals surface area contributed by atoms with Crippen LogP contribution < -0.4 is 24.6 Å². The van der Waals surface area contributed by atoms with Crippen LogP contribution in [0, 0.1) is 0 Å². The Balaban J connectivity index is 1.37. The third kappa shape index (κ3) is 5.52. The molecule has 4 aromatic rings. The lowest BCUT2D eigenvalue weighted by molar-refractivity contribution is -0.122. The van der Waals surface area contributed by atoms with Gasteiger partial charge in [-0.25, -0.2) is 9.69 Å². The maximum atomic E-state index is 14.2. The van der Waals surface area contributed by atoms with Gasteiger partial charge < -0.3 is 14.4 Å². The van der Waals surface area contributed by atoms with Crippen molar-refractivity contribution >= 4 is 46.9 Å². The smallest absolute Gasteiger partial charge is 0.335 e. The maximum absolute atomic E-state index is 14.2. The fourth-order valence-electron chi connectivity index (χ4n) is 7.16. The van der Waals surface area contributed by atoms with Gasteiger partial charge in [0.2, 0.25) is 0 Å². The minimum Gasteiger partial charge on any atom is -0.491 e. The van der Waals surface area contributed by atoms with Crippen molar-refractivity contribution in [2.75, 3.05) is 36.6 Å². The average Bonchev–Trinajstić information content (AvgIpc) is 3.08. The van der Waals surface area contributed by atoms with Crippen LogP contribution in [0.4, 0.5) is 16.2 Å². The molecular formula is C38H34ClN3O5. The number of carbonyl (C=O) groups is 3. The summed E-state index contributed by atoms with van der Waals surface area (Å²) in [6.45, 7) is 4.02. The quantitative estimate of drug-likeness (QED) is 0.167. The lowest BCUT2D eigenvalue weighted by Crippen LogP contribution is -2.54. The number of nitrogens with zero attached hydrogens (tertiary/aromatic N) is 2. The van der Waals surface area contributed by atoms with Gasteiger partial charge in [-0.2, -0.15) is 0 Å². The number of amides is 4. The summed E-state index contributed by atoms with van der Waals surface area (Å²) in [6, 6.07) is 27.0. The van der Waals surface area contributed by atoms with Gasteiger partial charge in [0, 0.05) is 30.6 Å². The van der Waals surface area contributed by atoms with Crippen molar-refractivity contribution in [2.24, 2.45) is 0 Å². The predicted octanol–water partition coefficient (Wildman–Crippen LogP) is 7.29. The molecule has 3 aliphatic heterocycles. The monoisotopic (exact) mass is 647 g/mol. The highest BCUT2D eigenvalue weighted by Crippen LogP contribution is 2.50. The van der Waals surface area contributed by atoms with Crippen molar-refractivity contribution in [3.8, 4) is 11.5 Å². The molecule has 0 radical (unpaired) electrons. The van der Waals surface area contributed by atoms with E-state index in [0.717, 1.165) is 42.0 Å². The Morgan fingerprint density at radius 2 is 1.47 bits per heavy atom.